The van der Waals surface area contributed by atoms with E-state index in [1.165, 1.54) is 11.4 Å². The second-order valence-electron chi connectivity index (χ2n) is 6.86. The van der Waals surface area contributed by atoms with Crippen LogP contribution >= 0.6 is 0 Å². The lowest BCUT2D eigenvalue weighted by Gasteiger charge is -2.37. The Hall–Kier alpha value is -1.09. The molecule has 140 valence electrons. The first kappa shape index (κ1) is 18.7. The van der Waals surface area contributed by atoms with Crippen LogP contribution in [0.1, 0.15) is 19.3 Å². The van der Waals surface area contributed by atoms with Crippen LogP contribution in [0.25, 0.3) is 0 Å². The minimum atomic E-state index is -3.83. The van der Waals surface area contributed by atoms with E-state index in [1.54, 1.807) is 0 Å². The van der Waals surface area contributed by atoms with Gasteiger partial charge in [-0.1, -0.05) is 0 Å². The molecular weight excluding hydrogens is 350 g/mol. The zero-order valence-corrected chi connectivity index (χ0v) is 15.1. The van der Waals surface area contributed by atoms with Crippen molar-refractivity contribution in [2.24, 2.45) is 5.92 Å². The Labute approximate surface area is 147 Å². The summed E-state index contributed by atoms with van der Waals surface area (Å²) >= 11 is 0. The Morgan fingerprint density at radius 1 is 1.20 bits per heavy atom. The molecule has 8 heteroatoms. The topological polar surface area (TPSA) is 49.9 Å². The maximum absolute atomic E-state index is 13.4. The minimum Gasteiger partial charge on any atom is -0.381 e. The second-order valence-corrected chi connectivity index (χ2v) is 8.86. The maximum Gasteiger partial charge on any atom is 0.243 e. The highest BCUT2D eigenvalue weighted by molar-refractivity contribution is 7.89. The number of likely N-dealkylation sites (tertiary alicyclic amines) is 1. The van der Waals surface area contributed by atoms with E-state index in [0.717, 1.165) is 70.3 Å². The van der Waals surface area contributed by atoms with Crippen LogP contribution in [0, 0.1) is 17.6 Å². The molecule has 0 radical (unpaired) electrons. The van der Waals surface area contributed by atoms with Gasteiger partial charge in [0.2, 0.25) is 10.0 Å². The van der Waals surface area contributed by atoms with E-state index in [9.17, 15) is 17.2 Å². The highest BCUT2D eigenvalue weighted by Gasteiger charge is 2.32. The van der Waals surface area contributed by atoms with E-state index in [4.69, 9.17) is 4.74 Å². The predicted molar refractivity (Wildman–Crippen MR) is 89.7 cm³/mol. The second kappa shape index (κ2) is 7.65. The van der Waals surface area contributed by atoms with Crippen LogP contribution in [0.2, 0.25) is 0 Å². The molecule has 3 rings (SSSR count). The average Bonchev–Trinajstić information content (AvgIpc) is 3.10. The van der Waals surface area contributed by atoms with Crippen LogP contribution in [0.5, 0.6) is 0 Å². The van der Waals surface area contributed by atoms with Crippen molar-refractivity contribution < 1.29 is 21.9 Å². The molecule has 25 heavy (non-hydrogen) atoms. The number of sulfonamides is 1. The van der Waals surface area contributed by atoms with Crippen molar-refractivity contribution in [1.29, 1.82) is 0 Å². The Balaban J connectivity index is 1.61. The first-order valence-corrected chi connectivity index (χ1v) is 10.0. The molecule has 2 aliphatic heterocycles. The first-order valence-electron chi connectivity index (χ1n) is 8.61. The van der Waals surface area contributed by atoms with E-state index in [2.05, 4.69) is 4.90 Å². The van der Waals surface area contributed by atoms with Gasteiger partial charge < -0.3 is 9.64 Å². The predicted octanol–water partition coefficient (Wildman–Crippen LogP) is 2.09. The molecule has 1 aromatic carbocycles. The fourth-order valence-corrected chi connectivity index (χ4v) is 4.99. The van der Waals surface area contributed by atoms with Gasteiger partial charge in [-0.25, -0.2) is 17.2 Å². The molecule has 1 aromatic rings. The third-order valence-electron chi connectivity index (χ3n) is 5.18. The van der Waals surface area contributed by atoms with Gasteiger partial charge in [-0.3, -0.25) is 0 Å². The molecule has 0 saturated carbocycles. The molecule has 0 aromatic heterocycles. The Morgan fingerprint density at radius 2 is 1.92 bits per heavy atom. The van der Waals surface area contributed by atoms with E-state index in [-0.39, 0.29) is 10.9 Å². The number of ether oxygens (including phenoxy) is 1. The van der Waals surface area contributed by atoms with Crippen molar-refractivity contribution in [3.8, 4) is 0 Å². The Kier molecular flexibility index (Phi) is 5.72. The van der Waals surface area contributed by atoms with Crippen LogP contribution in [0.3, 0.4) is 0 Å². The lowest BCUT2D eigenvalue weighted by molar-refractivity contribution is 0.135. The van der Waals surface area contributed by atoms with Gasteiger partial charge in [0.1, 0.15) is 0 Å². The van der Waals surface area contributed by atoms with Gasteiger partial charge in [0.15, 0.2) is 11.6 Å². The molecule has 0 spiro atoms. The SMILES string of the molecule is CN(C1CCN(CC2CCOC2)CC1)S(=O)(=O)c1ccc(F)c(F)c1. The number of hydrogen-bond acceptors (Lipinski definition) is 4. The van der Waals surface area contributed by atoms with Crippen LogP contribution in [-0.4, -0.2) is 63.6 Å². The average molecular weight is 374 g/mol. The fraction of sp³-hybridized carbons (Fsp3) is 0.647. The van der Waals surface area contributed by atoms with Gasteiger partial charge in [-0.05, 0) is 56.5 Å². The fourth-order valence-electron chi connectivity index (χ4n) is 3.56. The third kappa shape index (κ3) is 4.19. The lowest BCUT2D eigenvalue weighted by atomic mass is 10.0. The molecule has 1 atom stereocenters. The van der Waals surface area contributed by atoms with Crippen molar-refractivity contribution >= 4 is 10.0 Å². The molecule has 0 amide bonds. The quantitative estimate of drug-likeness (QED) is 0.792. The molecule has 1 unspecified atom stereocenters. The summed E-state index contributed by atoms with van der Waals surface area (Å²) < 4.78 is 58.5. The van der Waals surface area contributed by atoms with E-state index < -0.39 is 21.7 Å². The van der Waals surface area contributed by atoms with Gasteiger partial charge in [0.25, 0.3) is 0 Å². The Morgan fingerprint density at radius 3 is 2.52 bits per heavy atom. The summed E-state index contributed by atoms with van der Waals surface area (Å²) in [6.07, 6.45) is 2.55. The zero-order chi connectivity index (χ0) is 18.0. The number of hydrogen-bond donors (Lipinski definition) is 0. The van der Waals surface area contributed by atoms with E-state index in [0.29, 0.717) is 5.92 Å². The van der Waals surface area contributed by atoms with Crippen LogP contribution in [0.4, 0.5) is 8.78 Å². The highest BCUT2D eigenvalue weighted by Crippen LogP contribution is 2.25. The normalized spacial score (nSPS) is 23.4. The summed E-state index contributed by atoms with van der Waals surface area (Å²) in [5.41, 5.74) is 0. The summed E-state index contributed by atoms with van der Waals surface area (Å²) in [5, 5.41) is 0. The van der Waals surface area contributed by atoms with Crippen molar-refractivity contribution in [3.05, 3.63) is 29.8 Å². The van der Waals surface area contributed by atoms with Gasteiger partial charge >= 0.3 is 0 Å². The molecule has 0 aliphatic carbocycles. The van der Waals surface area contributed by atoms with Crippen molar-refractivity contribution in [3.63, 3.8) is 0 Å². The largest absolute Gasteiger partial charge is 0.381 e. The number of piperidine rings is 1. The summed E-state index contributed by atoms with van der Waals surface area (Å²) in [7, 11) is -2.31. The summed E-state index contributed by atoms with van der Waals surface area (Å²) in [6.45, 7) is 4.30. The smallest absolute Gasteiger partial charge is 0.243 e. The van der Waals surface area contributed by atoms with Gasteiger partial charge in [-0.2, -0.15) is 4.31 Å². The third-order valence-corrected chi connectivity index (χ3v) is 7.09. The molecule has 2 aliphatic rings. The number of rotatable bonds is 5. The minimum absolute atomic E-state index is 0.130. The monoisotopic (exact) mass is 374 g/mol. The first-order chi connectivity index (χ1) is 11.9. The molecule has 2 heterocycles. The zero-order valence-electron chi connectivity index (χ0n) is 14.3. The van der Waals surface area contributed by atoms with Gasteiger partial charge in [0, 0.05) is 26.2 Å². The van der Waals surface area contributed by atoms with Crippen LogP contribution < -0.4 is 0 Å². The number of benzene rings is 1. The highest BCUT2D eigenvalue weighted by atomic mass is 32.2. The van der Waals surface area contributed by atoms with Gasteiger partial charge in [-0.15, -0.1) is 0 Å². The van der Waals surface area contributed by atoms with Crippen LogP contribution in [0.15, 0.2) is 23.1 Å². The Bertz CT molecular complexity index is 700. The molecule has 0 N–H and O–H groups in total. The summed E-state index contributed by atoms with van der Waals surface area (Å²) in [4.78, 5) is 2.15. The van der Waals surface area contributed by atoms with E-state index in [1.807, 2.05) is 0 Å². The number of nitrogens with zero attached hydrogens (tertiary/aromatic N) is 2. The van der Waals surface area contributed by atoms with Crippen molar-refractivity contribution in [1.82, 2.24) is 9.21 Å². The van der Waals surface area contributed by atoms with Crippen molar-refractivity contribution in [2.45, 2.75) is 30.2 Å². The van der Waals surface area contributed by atoms with E-state index >= 15 is 0 Å². The molecular formula is C17H24F2N2O3S. The lowest BCUT2D eigenvalue weighted by Crippen LogP contribution is -2.46. The standard InChI is InChI=1S/C17H24F2N2O3S/c1-20(25(22,23)15-2-3-16(18)17(19)10-15)14-4-7-21(8-5-14)11-13-6-9-24-12-13/h2-3,10,13-14H,4-9,11-12H2,1H3. The van der Waals surface area contributed by atoms with Crippen LogP contribution in [-0.2, 0) is 14.8 Å². The molecule has 2 fully saturated rings. The van der Waals surface area contributed by atoms with Crippen molar-refractivity contribution in [2.75, 3.05) is 39.9 Å². The number of halogens is 2. The molecule has 5 nitrogen and oxygen atoms in total. The summed E-state index contributed by atoms with van der Waals surface area (Å²) in [5.74, 6) is -1.63. The molecule has 2 saturated heterocycles. The maximum atomic E-state index is 13.4. The summed E-state index contributed by atoms with van der Waals surface area (Å²) in [6, 6.07) is 2.58. The van der Waals surface area contributed by atoms with Gasteiger partial charge in [0.05, 0.1) is 11.5 Å². The molecule has 0 bridgehead atoms.